The minimum absolute atomic E-state index is 0.0604. The molecule has 0 radical (unpaired) electrons. The second-order valence-corrected chi connectivity index (χ2v) is 20.3. The molecule has 17 rings (SSSR count). The van der Waals surface area contributed by atoms with E-state index in [1.165, 1.54) is 0 Å². The third-order valence-corrected chi connectivity index (χ3v) is 16.5. The maximum Gasteiger partial charge on any atom is 0.145 e. The summed E-state index contributed by atoms with van der Waals surface area (Å²) in [6.07, 6.45) is 0. The van der Waals surface area contributed by atoms with E-state index in [2.05, 4.69) is 118 Å². The summed E-state index contributed by atoms with van der Waals surface area (Å²) in [6.45, 7) is 0. The van der Waals surface area contributed by atoms with Gasteiger partial charge in [0.1, 0.15) is 46.6 Å². The fraction of sp³-hybridized carbons (Fsp3) is 0. The summed E-state index contributed by atoms with van der Waals surface area (Å²) in [7, 11) is 0. The summed E-state index contributed by atoms with van der Waals surface area (Å²) < 4.78 is 21.9. The van der Waals surface area contributed by atoms with Gasteiger partial charge in [0.15, 0.2) is 0 Å². The molecule has 11 aromatic carbocycles. The molecule has 6 heterocycles. The summed E-state index contributed by atoms with van der Waals surface area (Å²) in [5.74, 6) is 0. The number of nitriles is 4. The number of fused-ring (bicyclic) bond motifs is 20. The highest BCUT2D eigenvalue weighted by molar-refractivity contribution is 6.26. The maximum absolute atomic E-state index is 11.7. The van der Waals surface area contributed by atoms with Crippen LogP contribution >= 0.6 is 0 Å². The van der Waals surface area contributed by atoms with Crippen molar-refractivity contribution < 1.29 is 8.83 Å². The highest BCUT2D eigenvalue weighted by Crippen LogP contribution is 2.48. The Labute approximate surface area is 452 Å². The molecule has 0 aliphatic carbocycles. The predicted octanol–water partition coefficient (Wildman–Crippen LogP) is 17.4. The van der Waals surface area contributed by atoms with Crippen molar-refractivity contribution in [1.29, 1.82) is 21.0 Å². The van der Waals surface area contributed by atoms with Gasteiger partial charge >= 0.3 is 0 Å². The zero-order valence-electron chi connectivity index (χ0n) is 42.0. The van der Waals surface area contributed by atoms with Gasteiger partial charge in [0.25, 0.3) is 0 Å². The molecule has 366 valence electrons. The number of furan rings is 2. The van der Waals surface area contributed by atoms with Gasteiger partial charge in [0.05, 0.1) is 88.5 Å². The van der Waals surface area contributed by atoms with Crippen LogP contribution in [-0.2, 0) is 0 Å². The van der Waals surface area contributed by atoms with Gasteiger partial charge in [0, 0.05) is 65.2 Å². The lowest BCUT2D eigenvalue weighted by Gasteiger charge is -2.19. The van der Waals surface area contributed by atoms with Crippen LogP contribution in [0.3, 0.4) is 0 Å². The fourth-order valence-corrected chi connectivity index (χ4v) is 13.3. The number of benzene rings is 11. The second kappa shape index (κ2) is 15.9. The molecule has 0 saturated carbocycles. The molecule has 0 unspecified atom stereocenters. The van der Waals surface area contributed by atoms with E-state index in [1.807, 2.05) is 130 Å². The van der Waals surface area contributed by atoms with Crippen molar-refractivity contribution in [2.45, 2.75) is 0 Å². The van der Waals surface area contributed by atoms with Crippen LogP contribution in [0.2, 0.25) is 0 Å². The first-order valence-corrected chi connectivity index (χ1v) is 26.2. The van der Waals surface area contributed by atoms with E-state index in [0.29, 0.717) is 44.4 Å². The lowest BCUT2D eigenvalue weighted by molar-refractivity contribution is 0.672. The number of nitrogens with zero attached hydrogens (tertiary/aromatic N) is 8. The first-order chi connectivity index (χ1) is 39.6. The van der Waals surface area contributed by atoms with Crippen molar-refractivity contribution in [3.8, 4) is 47.0 Å². The van der Waals surface area contributed by atoms with Gasteiger partial charge in [-0.05, 0) is 97.1 Å². The summed E-state index contributed by atoms with van der Waals surface area (Å²) in [5, 5.41) is 58.1. The zero-order chi connectivity index (χ0) is 53.1. The molecule has 10 nitrogen and oxygen atoms in total. The molecule has 0 amide bonds. The summed E-state index contributed by atoms with van der Waals surface area (Å²) in [4.78, 5) is 0. The Bertz CT molecular complexity index is 5340. The molecule has 0 spiro atoms. The first-order valence-electron chi connectivity index (χ1n) is 26.2. The molecule has 6 aromatic heterocycles. The second-order valence-electron chi connectivity index (χ2n) is 20.3. The highest BCUT2D eigenvalue weighted by atomic mass is 16.3. The standard InChI is InChI=1S/C70H34N8O2/c71-35-51-53(37-73)68(78-60-30-26-40(76-57-21-9-3-15-43(57)44-16-4-10-22-58(44)76)34-50(60)66-62(78)32-28-48-46-18-6-12-24-64(46)80-70(48)66)54(38-74)52(36-72)67(51)77-59-29-25-39(75-55-19-7-1-13-41(55)42-14-2-8-20-56(42)75)33-49(59)65-61(77)31-27-47-45-17-5-11-23-63(45)79-69(47)65/h1-34H. The Morgan fingerprint density at radius 2 is 0.562 bits per heavy atom. The summed E-state index contributed by atoms with van der Waals surface area (Å²) in [6, 6.07) is 79.2. The Balaban J connectivity index is 0.989. The Hall–Kier alpha value is -11.8. The van der Waals surface area contributed by atoms with Crippen molar-refractivity contribution in [3.63, 3.8) is 0 Å². The van der Waals surface area contributed by atoms with E-state index in [4.69, 9.17) is 8.83 Å². The molecule has 0 aliphatic rings. The molecule has 0 fully saturated rings. The van der Waals surface area contributed by atoms with Crippen LogP contribution in [0, 0.1) is 45.3 Å². The first kappa shape index (κ1) is 43.4. The molecule has 0 saturated heterocycles. The van der Waals surface area contributed by atoms with Crippen molar-refractivity contribution in [1.82, 2.24) is 18.3 Å². The van der Waals surface area contributed by atoms with Gasteiger partial charge in [-0.3, -0.25) is 0 Å². The minimum atomic E-state index is -0.0604. The number of para-hydroxylation sites is 6. The monoisotopic (exact) mass is 1020 g/mol. The van der Waals surface area contributed by atoms with Crippen molar-refractivity contribution >= 4 is 131 Å². The van der Waals surface area contributed by atoms with Crippen LogP contribution in [0.25, 0.3) is 154 Å². The van der Waals surface area contributed by atoms with Crippen molar-refractivity contribution in [3.05, 3.63) is 229 Å². The van der Waals surface area contributed by atoms with Gasteiger partial charge < -0.3 is 27.1 Å². The molecule has 17 aromatic rings. The third-order valence-electron chi connectivity index (χ3n) is 16.5. The lowest BCUT2D eigenvalue weighted by atomic mass is 9.93. The normalized spacial score (nSPS) is 11.9. The highest BCUT2D eigenvalue weighted by Gasteiger charge is 2.32. The smallest absolute Gasteiger partial charge is 0.145 e. The quantitative estimate of drug-likeness (QED) is 0.172. The van der Waals surface area contributed by atoms with E-state index >= 15 is 0 Å². The maximum atomic E-state index is 11.7. The Morgan fingerprint density at radius 1 is 0.263 bits per heavy atom. The fourth-order valence-electron chi connectivity index (χ4n) is 13.3. The average molecular weight is 1020 g/mol. The van der Waals surface area contributed by atoms with Gasteiger partial charge in [-0.25, -0.2) is 0 Å². The largest absolute Gasteiger partial charge is 0.455 e. The van der Waals surface area contributed by atoms with Gasteiger partial charge in [-0.15, -0.1) is 0 Å². The van der Waals surface area contributed by atoms with Crippen LogP contribution in [0.5, 0.6) is 0 Å². The third kappa shape index (κ3) is 5.50. The molecule has 0 bridgehead atoms. The number of hydrogen-bond donors (Lipinski definition) is 0. The van der Waals surface area contributed by atoms with E-state index in [-0.39, 0.29) is 33.6 Å². The van der Waals surface area contributed by atoms with E-state index in [0.717, 1.165) is 98.1 Å². The van der Waals surface area contributed by atoms with Crippen LogP contribution in [0.4, 0.5) is 0 Å². The van der Waals surface area contributed by atoms with Crippen molar-refractivity contribution in [2.24, 2.45) is 0 Å². The molecule has 0 atom stereocenters. The average Bonchev–Trinajstić information content (AvgIpc) is 4.06. The molecular weight excluding hydrogens is 985 g/mol. The Morgan fingerprint density at radius 3 is 0.912 bits per heavy atom. The predicted molar refractivity (Wildman–Crippen MR) is 317 cm³/mol. The van der Waals surface area contributed by atoms with Crippen LogP contribution < -0.4 is 0 Å². The van der Waals surface area contributed by atoms with Crippen LogP contribution in [0.15, 0.2) is 215 Å². The van der Waals surface area contributed by atoms with Crippen LogP contribution in [0.1, 0.15) is 22.3 Å². The van der Waals surface area contributed by atoms with Crippen molar-refractivity contribution in [2.75, 3.05) is 0 Å². The number of hydrogen-bond acceptors (Lipinski definition) is 6. The molecular formula is C70H34N8O2. The van der Waals surface area contributed by atoms with E-state index in [9.17, 15) is 21.0 Å². The SMILES string of the molecule is N#Cc1c(C#N)c(-n2c3ccc(-n4c5ccccc5c5ccccc54)cc3c3c4oc5ccccc5c4ccc32)c(C#N)c(C#N)c1-n1c2ccc(-n3c4ccccc4c4ccccc43)cc2c2c3oc4ccccc4c3ccc21. The molecule has 10 heteroatoms. The topological polar surface area (TPSA) is 141 Å². The summed E-state index contributed by atoms with van der Waals surface area (Å²) >= 11 is 0. The number of rotatable bonds is 4. The lowest BCUT2D eigenvalue weighted by Crippen LogP contribution is -2.12. The molecule has 0 aliphatic heterocycles. The van der Waals surface area contributed by atoms with E-state index < -0.39 is 0 Å². The molecule has 0 N–H and O–H groups in total. The zero-order valence-corrected chi connectivity index (χ0v) is 42.0. The number of aromatic nitrogens is 4. The van der Waals surface area contributed by atoms with Crippen LogP contribution in [-0.4, -0.2) is 18.3 Å². The minimum Gasteiger partial charge on any atom is -0.455 e. The molecule has 80 heavy (non-hydrogen) atoms. The van der Waals surface area contributed by atoms with E-state index in [1.54, 1.807) is 0 Å². The van der Waals surface area contributed by atoms with Gasteiger partial charge in [-0.2, -0.15) is 21.0 Å². The van der Waals surface area contributed by atoms with Gasteiger partial charge in [0.2, 0.25) is 0 Å². The summed E-state index contributed by atoms with van der Waals surface area (Å²) in [5.41, 5.74) is 11.1. The Kier molecular flexibility index (Phi) is 8.61. The van der Waals surface area contributed by atoms with Gasteiger partial charge in [-0.1, -0.05) is 109 Å².